The van der Waals surface area contributed by atoms with Gasteiger partial charge in [0.1, 0.15) is 18.2 Å². The van der Waals surface area contributed by atoms with Crippen molar-refractivity contribution in [1.29, 1.82) is 0 Å². The van der Waals surface area contributed by atoms with Crippen molar-refractivity contribution < 1.29 is 4.74 Å². The first-order valence-corrected chi connectivity index (χ1v) is 9.89. The fourth-order valence-corrected chi connectivity index (χ4v) is 3.73. The van der Waals surface area contributed by atoms with Crippen molar-refractivity contribution in [2.75, 3.05) is 6.61 Å². The van der Waals surface area contributed by atoms with E-state index in [0.717, 1.165) is 28.2 Å². The monoisotopic (exact) mass is 410 g/mol. The van der Waals surface area contributed by atoms with Crippen molar-refractivity contribution in [2.24, 2.45) is 0 Å². The molecule has 4 rings (SSSR count). The van der Waals surface area contributed by atoms with Crippen LogP contribution in [0.3, 0.4) is 0 Å². The van der Waals surface area contributed by atoms with E-state index in [2.05, 4.69) is 36.6 Å². The van der Waals surface area contributed by atoms with Gasteiger partial charge in [0, 0.05) is 10.6 Å². The number of para-hydroxylation sites is 2. The third-order valence-electron chi connectivity index (χ3n) is 4.89. The van der Waals surface area contributed by atoms with Crippen LogP contribution in [0.4, 0.5) is 0 Å². The number of rotatable bonds is 5. The molecule has 4 aromatic rings. The summed E-state index contributed by atoms with van der Waals surface area (Å²) in [5.74, 6) is 1.69. The Morgan fingerprint density at radius 2 is 1.75 bits per heavy atom. The Balaban J connectivity index is 1.66. The smallest absolute Gasteiger partial charge is 0.142 e. The summed E-state index contributed by atoms with van der Waals surface area (Å²) >= 11 is 12.5. The van der Waals surface area contributed by atoms with Gasteiger partial charge in [-0.05, 0) is 67.4 Å². The molecule has 0 aliphatic heterocycles. The second kappa shape index (κ2) is 7.86. The van der Waals surface area contributed by atoms with Gasteiger partial charge in [-0.3, -0.25) is 0 Å². The van der Waals surface area contributed by atoms with Crippen LogP contribution in [-0.2, 0) is 6.54 Å². The van der Waals surface area contributed by atoms with Crippen molar-refractivity contribution in [3.63, 3.8) is 0 Å². The lowest BCUT2D eigenvalue weighted by molar-refractivity contribution is 0.300. The number of benzene rings is 3. The molecular weight excluding hydrogens is 391 g/mol. The minimum atomic E-state index is 0.529. The fraction of sp³-hybridized carbons (Fsp3) is 0.174. The Labute approximate surface area is 174 Å². The fourth-order valence-electron chi connectivity index (χ4n) is 3.24. The average Bonchev–Trinajstić information content (AvgIpc) is 3.03. The molecule has 0 saturated carbocycles. The molecule has 0 bridgehead atoms. The zero-order chi connectivity index (χ0) is 19.7. The molecule has 28 heavy (non-hydrogen) atoms. The van der Waals surface area contributed by atoms with Crippen molar-refractivity contribution >= 4 is 34.2 Å². The van der Waals surface area contributed by atoms with Crippen LogP contribution in [0.5, 0.6) is 5.75 Å². The van der Waals surface area contributed by atoms with Crippen molar-refractivity contribution in [3.05, 3.63) is 81.8 Å². The Kier molecular flexibility index (Phi) is 5.29. The molecule has 1 aromatic heterocycles. The number of imidazole rings is 1. The van der Waals surface area contributed by atoms with E-state index in [0.29, 0.717) is 23.2 Å². The summed E-state index contributed by atoms with van der Waals surface area (Å²) < 4.78 is 8.15. The summed E-state index contributed by atoms with van der Waals surface area (Å²) in [5, 5.41) is 1.19. The first-order chi connectivity index (χ1) is 13.5. The summed E-state index contributed by atoms with van der Waals surface area (Å²) in [4.78, 5) is 4.80. The lowest BCUT2D eigenvalue weighted by Gasteiger charge is -2.12. The van der Waals surface area contributed by atoms with E-state index >= 15 is 0 Å². The minimum Gasteiger partial charge on any atom is -0.492 e. The molecule has 142 valence electrons. The maximum Gasteiger partial charge on any atom is 0.142 e. The third-order valence-corrected chi connectivity index (χ3v) is 5.44. The highest BCUT2D eigenvalue weighted by molar-refractivity contribution is 6.36. The highest BCUT2D eigenvalue weighted by Gasteiger charge is 2.15. The van der Waals surface area contributed by atoms with Crippen LogP contribution in [0.25, 0.3) is 22.4 Å². The van der Waals surface area contributed by atoms with Crippen LogP contribution in [0, 0.1) is 13.8 Å². The summed E-state index contributed by atoms with van der Waals surface area (Å²) in [6.45, 7) is 5.37. The van der Waals surface area contributed by atoms with Crippen LogP contribution < -0.4 is 4.74 Å². The van der Waals surface area contributed by atoms with E-state index in [4.69, 9.17) is 32.9 Å². The Morgan fingerprint density at radius 3 is 2.54 bits per heavy atom. The number of nitrogens with zero attached hydrogens (tertiary/aromatic N) is 2. The van der Waals surface area contributed by atoms with Gasteiger partial charge < -0.3 is 9.30 Å². The van der Waals surface area contributed by atoms with Crippen molar-refractivity contribution in [3.8, 4) is 17.1 Å². The number of hydrogen-bond donors (Lipinski definition) is 0. The molecule has 0 aliphatic carbocycles. The number of hydrogen-bond acceptors (Lipinski definition) is 2. The van der Waals surface area contributed by atoms with E-state index in [1.807, 2.05) is 36.4 Å². The second-order valence-corrected chi connectivity index (χ2v) is 7.64. The molecule has 0 spiro atoms. The van der Waals surface area contributed by atoms with Crippen molar-refractivity contribution in [2.45, 2.75) is 20.4 Å². The molecule has 0 fully saturated rings. The Hall–Kier alpha value is -2.49. The van der Waals surface area contributed by atoms with Gasteiger partial charge in [0.25, 0.3) is 0 Å². The predicted octanol–water partition coefficient (Wildman–Crippen LogP) is 6.71. The number of aryl methyl sites for hydroxylation is 2. The second-order valence-electron chi connectivity index (χ2n) is 6.79. The van der Waals surface area contributed by atoms with E-state index in [-0.39, 0.29) is 0 Å². The number of halogens is 2. The SMILES string of the molecule is Cc1ccc(OCCn2c(-c3ccc(Cl)cc3Cl)nc3ccccc32)cc1C. The Morgan fingerprint density at radius 1 is 0.929 bits per heavy atom. The molecule has 0 N–H and O–H groups in total. The molecule has 0 atom stereocenters. The van der Waals surface area contributed by atoms with Gasteiger partial charge in [-0.25, -0.2) is 4.98 Å². The van der Waals surface area contributed by atoms with Gasteiger partial charge in [-0.2, -0.15) is 0 Å². The van der Waals surface area contributed by atoms with E-state index in [1.54, 1.807) is 6.07 Å². The molecule has 1 heterocycles. The molecule has 0 unspecified atom stereocenters. The lowest BCUT2D eigenvalue weighted by atomic mass is 10.1. The topological polar surface area (TPSA) is 27.1 Å². The van der Waals surface area contributed by atoms with Gasteiger partial charge in [0.05, 0.1) is 22.6 Å². The summed E-state index contributed by atoms with van der Waals surface area (Å²) in [5.41, 5.74) is 5.31. The first-order valence-electron chi connectivity index (χ1n) is 9.13. The summed E-state index contributed by atoms with van der Waals surface area (Å²) in [7, 11) is 0. The summed E-state index contributed by atoms with van der Waals surface area (Å²) in [6.07, 6.45) is 0. The van der Waals surface area contributed by atoms with Gasteiger partial charge in [-0.15, -0.1) is 0 Å². The zero-order valence-electron chi connectivity index (χ0n) is 15.7. The average molecular weight is 411 g/mol. The van der Waals surface area contributed by atoms with Crippen LogP contribution in [0.15, 0.2) is 60.7 Å². The molecule has 0 aliphatic rings. The molecule has 3 nitrogen and oxygen atoms in total. The summed E-state index contributed by atoms with van der Waals surface area (Å²) in [6, 6.07) is 19.7. The quantitative estimate of drug-likeness (QED) is 0.365. The van der Waals surface area contributed by atoms with Gasteiger partial charge in [0.15, 0.2) is 0 Å². The van der Waals surface area contributed by atoms with Crippen LogP contribution in [0.2, 0.25) is 10.0 Å². The van der Waals surface area contributed by atoms with E-state index in [9.17, 15) is 0 Å². The van der Waals surface area contributed by atoms with E-state index in [1.165, 1.54) is 11.1 Å². The highest BCUT2D eigenvalue weighted by Crippen LogP contribution is 2.32. The van der Waals surface area contributed by atoms with Gasteiger partial charge >= 0.3 is 0 Å². The molecular formula is C23H20Cl2N2O. The lowest BCUT2D eigenvalue weighted by Crippen LogP contribution is -2.09. The van der Waals surface area contributed by atoms with Crippen molar-refractivity contribution in [1.82, 2.24) is 9.55 Å². The normalized spacial score (nSPS) is 11.1. The maximum absolute atomic E-state index is 6.46. The molecule has 0 radical (unpaired) electrons. The number of ether oxygens (including phenoxy) is 1. The molecule has 5 heteroatoms. The number of aromatic nitrogens is 2. The third kappa shape index (κ3) is 3.73. The van der Waals surface area contributed by atoms with Crippen LogP contribution in [0.1, 0.15) is 11.1 Å². The molecule has 0 saturated heterocycles. The van der Waals surface area contributed by atoms with Gasteiger partial charge in [0.2, 0.25) is 0 Å². The van der Waals surface area contributed by atoms with Crippen LogP contribution >= 0.6 is 23.2 Å². The predicted molar refractivity (Wildman–Crippen MR) is 117 cm³/mol. The molecule has 0 amide bonds. The standard InChI is InChI=1S/C23H20Cl2N2O/c1-15-7-9-18(13-16(15)2)28-12-11-27-22-6-4-3-5-21(22)26-23(27)19-10-8-17(24)14-20(19)25/h3-10,13-14H,11-12H2,1-2H3. The highest BCUT2D eigenvalue weighted by atomic mass is 35.5. The van der Waals surface area contributed by atoms with E-state index < -0.39 is 0 Å². The zero-order valence-corrected chi connectivity index (χ0v) is 17.3. The largest absolute Gasteiger partial charge is 0.492 e. The molecule has 3 aromatic carbocycles. The maximum atomic E-state index is 6.46. The first kappa shape index (κ1) is 18.9. The van der Waals surface area contributed by atoms with Crippen LogP contribution in [-0.4, -0.2) is 16.2 Å². The van der Waals surface area contributed by atoms with Gasteiger partial charge in [-0.1, -0.05) is 41.4 Å². The number of fused-ring (bicyclic) bond motifs is 1. The Bertz CT molecular complexity index is 1150. The minimum absolute atomic E-state index is 0.529.